The number of carbonyl (C=O) groups excluding carboxylic acids is 1. The Labute approximate surface area is 103 Å². The van der Waals surface area contributed by atoms with Gasteiger partial charge in [-0.3, -0.25) is 9.59 Å². The minimum Gasteiger partial charge on any atom is -0.481 e. The van der Waals surface area contributed by atoms with E-state index in [1.807, 2.05) is 0 Å². The number of aliphatic carboxylic acids is 1. The summed E-state index contributed by atoms with van der Waals surface area (Å²) in [6.45, 7) is 1.77. The van der Waals surface area contributed by atoms with Gasteiger partial charge in [0, 0.05) is 5.38 Å². The van der Waals surface area contributed by atoms with Gasteiger partial charge in [0.15, 0.2) is 0 Å². The molecular weight excluding hydrogens is 240 g/mol. The van der Waals surface area contributed by atoms with Crippen LogP contribution in [0.25, 0.3) is 0 Å². The molecule has 0 saturated heterocycles. The Morgan fingerprint density at radius 2 is 2.29 bits per heavy atom. The minimum atomic E-state index is -0.870. The number of carboxylic acids is 1. The van der Waals surface area contributed by atoms with Crippen LogP contribution in [0.15, 0.2) is 5.38 Å². The van der Waals surface area contributed by atoms with Gasteiger partial charge in [0.25, 0.3) is 5.91 Å². The fourth-order valence-corrected chi connectivity index (χ4v) is 2.75. The van der Waals surface area contributed by atoms with Crippen molar-refractivity contribution in [2.45, 2.75) is 38.1 Å². The molecule has 1 aliphatic rings. The maximum atomic E-state index is 12.0. The third kappa shape index (κ3) is 2.46. The molecule has 5 nitrogen and oxygen atoms in total. The maximum absolute atomic E-state index is 12.0. The molecule has 0 radical (unpaired) electrons. The third-order valence-electron chi connectivity index (χ3n) is 3.17. The molecule has 1 amide bonds. The molecule has 17 heavy (non-hydrogen) atoms. The van der Waals surface area contributed by atoms with Gasteiger partial charge in [-0.25, -0.2) is 0 Å². The summed E-state index contributed by atoms with van der Waals surface area (Å²) in [6, 6.07) is 0. The summed E-state index contributed by atoms with van der Waals surface area (Å²) in [5.41, 5.74) is 0.695. The van der Waals surface area contributed by atoms with Crippen molar-refractivity contribution in [1.82, 2.24) is 9.69 Å². The van der Waals surface area contributed by atoms with E-state index < -0.39 is 11.5 Å². The molecule has 0 unspecified atom stereocenters. The molecule has 1 fully saturated rings. The zero-order chi connectivity index (χ0) is 12.5. The normalized spacial score (nSPS) is 17.2. The predicted molar refractivity (Wildman–Crippen MR) is 63.2 cm³/mol. The zero-order valence-electron chi connectivity index (χ0n) is 9.52. The molecule has 6 heteroatoms. The van der Waals surface area contributed by atoms with E-state index >= 15 is 0 Å². The number of nitrogens with one attached hydrogen (secondary N) is 1. The highest BCUT2D eigenvalue weighted by Gasteiger charge is 2.40. The molecule has 1 aliphatic carbocycles. The smallest absolute Gasteiger partial charge is 0.305 e. The average Bonchev–Trinajstić information content (AvgIpc) is 2.60. The van der Waals surface area contributed by atoms with Crippen LogP contribution in [-0.4, -0.2) is 26.9 Å². The molecule has 0 atom stereocenters. The van der Waals surface area contributed by atoms with Crippen LogP contribution in [0.2, 0.25) is 0 Å². The molecule has 92 valence electrons. The maximum Gasteiger partial charge on any atom is 0.305 e. The second kappa shape index (κ2) is 4.44. The lowest BCUT2D eigenvalue weighted by molar-refractivity contribution is -0.139. The first kappa shape index (κ1) is 12.0. The summed E-state index contributed by atoms with van der Waals surface area (Å²) in [7, 11) is 0. The SMILES string of the molecule is Cc1nscc1C(=O)NC1(CC(=O)O)CCC1. The molecule has 0 aromatic carbocycles. The topological polar surface area (TPSA) is 79.3 Å². The number of aryl methyl sites for hydroxylation is 1. The Balaban J connectivity index is 2.07. The van der Waals surface area contributed by atoms with Crippen LogP contribution < -0.4 is 5.32 Å². The quantitative estimate of drug-likeness (QED) is 0.855. The lowest BCUT2D eigenvalue weighted by Gasteiger charge is -2.41. The van der Waals surface area contributed by atoms with E-state index in [9.17, 15) is 9.59 Å². The second-order valence-corrected chi connectivity index (χ2v) is 5.10. The highest BCUT2D eigenvalue weighted by molar-refractivity contribution is 7.03. The van der Waals surface area contributed by atoms with Crippen LogP contribution in [0.1, 0.15) is 41.7 Å². The molecule has 2 rings (SSSR count). The first-order valence-electron chi connectivity index (χ1n) is 5.48. The Morgan fingerprint density at radius 3 is 2.71 bits per heavy atom. The molecular formula is C11H14N2O3S. The molecule has 2 N–H and O–H groups in total. The number of hydrogen-bond donors (Lipinski definition) is 2. The van der Waals surface area contributed by atoms with Crippen molar-refractivity contribution in [3.8, 4) is 0 Å². The van der Waals surface area contributed by atoms with Crippen molar-refractivity contribution in [3.63, 3.8) is 0 Å². The molecule has 1 aromatic heterocycles. The van der Waals surface area contributed by atoms with Gasteiger partial charge in [0.05, 0.1) is 23.2 Å². The Bertz CT molecular complexity index is 451. The number of rotatable bonds is 4. The van der Waals surface area contributed by atoms with Crippen molar-refractivity contribution in [3.05, 3.63) is 16.6 Å². The third-order valence-corrected chi connectivity index (χ3v) is 3.89. The van der Waals surface area contributed by atoms with Gasteiger partial charge in [-0.15, -0.1) is 0 Å². The molecule has 1 aromatic rings. The van der Waals surface area contributed by atoms with Crippen LogP contribution in [0.3, 0.4) is 0 Å². The lowest BCUT2D eigenvalue weighted by atomic mass is 9.74. The van der Waals surface area contributed by atoms with E-state index in [0.29, 0.717) is 11.3 Å². The summed E-state index contributed by atoms with van der Waals surface area (Å²) < 4.78 is 4.04. The predicted octanol–water partition coefficient (Wildman–Crippen LogP) is 1.58. The summed E-state index contributed by atoms with van der Waals surface area (Å²) in [4.78, 5) is 22.8. The highest BCUT2D eigenvalue weighted by Crippen LogP contribution is 2.35. The standard InChI is InChI=1S/C11H14N2O3S/c1-7-8(6-17-13-7)10(16)12-11(3-2-4-11)5-9(14)15/h6H,2-5H2,1H3,(H,12,16)(H,14,15). The van der Waals surface area contributed by atoms with Crippen LogP contribution in [0, 0.1) is 6.92 Å². The van der Waals surface area contributed by atoms with Gasteiger partial charge in [0.1, 0.15) is 0 Å². The van der Waals surface area contributed by atoms with E-state index in [0.717, 1.165) is 19.3 Å². The largest absolute Gasteiger partial charge is 0.481 e. The first-order chi connectivity index (χ1) is 8.02. The average molecular weight is 254 g/mol. The fraction of sp³-hybridized carbons (Fsp3) is 0.545. The van der Waals surface area contributed by atoms with Crippen LogP contribution in [0.4, 0.5) is 0 Å². The van der Waals surface area contributed by atoms with Crippen LogP contribution in [0.5, 0.6) is 0 Å². The highest BCUT2D eigenvalue weighted by atomic mass is 32.1. The summed E-state index contributed by atoms with van der Waals surface area (Å²) in [5, 5.41) is 13.4. The van der Waals surface area contributed by atoms with E-state index in [1.54, 1.807) is 12.3 Å². The number of carboxylic acid groups (broad SMARTS) is 1. The summed E-state index contributed by atoms with van der Waals surface area (Å²) in [6.07, 6.45) is 2.44. The van der Waals surface area contributed by atoms with Crippen molar-refractivity contribution in [2.24, 2.45) is 0 Å². The Kier molecular flexibility index (Phi) is 3.15. The number of hydrogen-bond acceptors (Lipinski definition) is 4. The number of carbonyl (C=O) groups is 2. The van der Waals surface area contributed by atoms with Crippen molar-refractivity contribution < 1.29 is 14.7 Å². The van der Waals surface area contributed by atoms with Gasteiger partial charge in [0.2, 0.25) is 0 Å². The van der Waals surface area contributed by atoms with Crippen LogP contribution in [-0.2, 0) is 4.79 Å². The second-order valence-electron chi connectivity index (χ2n) is 4.47. The number of nitrogens with zero attached hydrogens (tertiary/aromatic N) is 1. The number of amides is 1. The molecule has 0 spiro atoms. The lowest BCUT2D eigenvalue weighted by Crippen LogP contribution is -2.54. The fourth-order valence-electron chi connectivity index (χ4n) is 2.06. The molecule has 0 aliphatic heterocycles. The molecule has 1 saturated carbocycles. The van der Waals surface area contributed by atoms with Gasteiger partial charge < -0.3 is 10.4 Å². The summed E-state index contributed by atoms with van der Waals surface area (Å²) >= 11 is 1.23. The van der Waals surface area contributed by atoms with E-state index in [2.05, 4.69) is 9.69 Å². The van der Waals surface area contributed by atoms with E-state index in [1.165, 1.54) is 11.5 Å². The Morgan fingerprint density at radius 1 is 1.59 bits per heavy atom. The van der Waals surface area contributed by atoms with Crippen molar-refractivity contribution in [2.75, 3.05) is 0 Å². The Hall–Kier alpha value is -1.43. The van der Waals surface area contributed by atoms with Crippen molar-refractivity contribution >= 4 is 23.4 Å². The molecule has 1 heterocycles. The first-order valence-corrected chi connectivity index (χ1v) is 6.31. The zero-order valence-corrected chi connectivity index (χ0v) is 10.3. The minimum absolute atomic E-state index is 0.00461. The van der Waals surface area contributed by atoms with Gasteiger partial charge in [-0.2, -0.15) is 4.37 Å². The van der Waals surface area contributed by atoms with Crippen LogP contribution >= 0.6 is 11.5 Å². The van der Waals surface area contributed by atoms with Gasteiger partial charge in [-0.05, 0) is 37.7 Å². The summed E-state index contributed by atoms with van der Waals surface area (Å²) in [5.74, 6) is -1.08. The van der Waals surface area contributed by atoms with E-state index in [-0.39, 0.29) is 12.3 Å². The van der Waals surface area contributed by atoms with Gasteiger partial charge in [-0.1, -0.05) is 0 Å². The van der Waals surface area contributed by atoms with Crippen molar-refractivity contribution in [1.29, 1.82) is 0 Å². The van der Waals surface area contributed by atoms with E-state index in [4.69, 9.17) is 5.11 Å². The monoisotopic (exact) mass is 254 g/mol. The molecule has 0 bridgehead atoms. The van der Waals surface area contributed by atoms with Gasteiger partial charge >= 0.3 is 5.97 Å². The number of aromatic nitrogens is 1.